The van der Waals surface area contributed by atoms with E-state index < -0.39 is 0 Å². The summed E-state index contributed by atoms with van der Waals surface area (Å²) < 4.78 is 11.9. The first-order valence-electron chi connectivity index (χ1n) is 5.73. The Morgan fingerprint density at radius 3 is 2.88 bits per heavy atom. The lowest BCUT2D eigenvalue weighted by molar-refractivity contribution is 0.0322. The Morgan fingerprint density at radius 1 is 1.35 bits per heavy atom. The Balaban J connectivity index is 1.79. The monoisotopic (exact) mass is 300 g/mol. The number of nitrogen functional groups attached to an aromatic ring is 1. The van der Waals surface area contributed by atoms with Crippen molar-refractivity contribution in [3.8, 4) is 5.75 Å². The second-order valence-corrected chi connectivity index (χ2v) is 4.85. The molecule has 1 fully saturated rings. The van der Waals surface area contributed by atoms with Crippen LogP contribution in [0.25, 0.3) is 0 Å². The van der Waals surface area contributed by atoms with E-state index >= 15 is 0 Å². The van der Waals surface area contributed by atoms with Gasteiger partial charge in [-0.1, -0.05) is 0 Å². The molecule has 0 bridgehead atoms. The summed E-state index contributed by atoms with van der Waals surface area (Å²) in [5.41, 5.74) is 6.43. The van der Waals surface area contributed by atoms with Crippen molar-refractivity contribution in [1.29, 1.82) is 0 Å². The smallest absolute Gasteiger partial charge is 0.135 e. The van der Waals surface area contributed by atoms with Gasteiger partial charge in [-0.25, -0.2) is 0 Å². The first kappa shape index (κ1) is 12.7. The Morgan fingerprint density at radius 2 is 2.12 bits per heavy atom. The number of ether oxygens (including phenoxy) is 2. The van der Waals surface area contributed by atoms with Gasteiger partial charge in [0.1, 0.15) is 12.4 Å². The quantitative estimate of drug-likeness (QED) is 0.861. The van der Waals surface area contributed by atoms with Gasteiger partial charge in [0, 0.05) is 31.4 Å². The fourth-order valence-corrected chi connectivity index (χ4v) is 2.10. The molecule has 0 aromatic heterocycles. The fraction of sp³-hybridized carbons (Fsp3) is 0.500. The average Bonchev–Trinajstić information content (AvgIpc) is 2.35. The maximum atomic E-state index is 5.71. The third-order valence-electron chi connectivity index (χ3n) is 2.72. The van der Waals surface area contributed by atoms with Crippen molar-refractivity contribution in [2.75, 3.05) is 45.2 Å². The minimum absolute atomic E-state index is 0.669. The molecule has 0 saturated carbocycles. The summed E-state index contributed by atoms with van der Waals surface area (Å²) in [6.07, 6.45) is 0. The molecule has 0 aliphatic carbocycles. The molecule has 4 nitrogen and oxygen atoms in total. The fourth-order valence-electron chi connectivity index (χ4n) is 1.74. The summed E-state index contributed by atoms with van der Waals surface area (Å²) in [4.78, 5) is 2.34. The molecule has 0 amide bonds. The van der Waals surface area contributed by atoms with E-state index in [1.807, 2.05) is 18.2 Å². The molecule has 1 aliphatic heterocycles. The van der Waals surface area contributed by atoms with Crippen LogP contribution in [0.5, 0.6) is 5.75 Å². The van der Waals surface area contributed by atoms with Crippen LogP contribution in [0.4, 0.5) is 5.69 Å². The highest BCUT2D eigenvalue weighted by Gasteiger charge is 2.10. The van der Waals surface area contributed by atoms with Gasteiger partial charge in [-0.15, -0.1) is 0 Å². The Labute approximate surface area is 110 Å². The lowest BCUT2D eigenvalue weighted by Gasteiger charge is -2.26. The molecule has 2 rings (SSSR count). The van der Waals surface area contributed by atoms with Crippen molar-refractivity contribution in [3.63, 3.8) is 0 Å². The zero-order valence-corrected chi connectivity index (χ0v) is 11.3. The zero-order chi connectivity index (χ0) is 12.1. The number of benzene rings is 1. The van der Waals surface area contributed by atoms with Gasteiger partial charge in [0.15, 0.2) is 0 Å². The number of rotatable bonds is 4. The number of halogens is 1. The van der Waals surface area contributed by atoms with Crippen LogP contribution in [0.3, 0.4) is 0 Å². The van der Waals surface area contributed by atoms with Gasteiger partial charge in [-0.3, -0.25) is 4.90 Å². The van der Waals surface area contributed by atoms with E-state index in [4.69, 9.17) is 15.2 Å². The number of anilines is 1. The zero-order valence-electron chi connectivity index (χ0n) is 9.69. The van der Waals surface area contributed by atoms with Crippen molar-refractivity contribution in [2.24, 2.45) is 0 Å². The molecule has 1 saturated heterocycles. The molecule has 2 N–H and O–H groups in total. The van der Waals surface area contributed by atoms with E-state index in [2.05, 4.69) is 20.8 Å². The largest absolute Gasteiger partial charge is 0.491 e. The SMILES string of the molecule is Nc1ccc(Br)c(OCCN2CCOCC2)c1. The molecule has 1 heterocycles. The average molecular weight is 301 g/mol. The number of morpholine rings is 1. The highest BCUT2D eigenvalue weighted by molar-refractivity contribution is 9.10. The molecule has 0 spiro atoms. The van der Waals surface area contributed by atoms with Gasteiger partial charge in [0.05, 0.1) is 17.7 Å². The van der Waals surface area contributed by atoms with Crippen molar-refractivity contribution >= 4 is 21.6 Å². The van der Waals surface area contributed by atoms with Gasteiger partial charge in [0.25, 0.3) is 0 Å². The highest BCUT2D eigenvalue weighted by atomic mass is 79.9. The predicted molar refractivity (Wildman–Crippen MR) is 71.3 cm³/mol. The summed E-state index contributed by atoms with van der Waals surface area (Å²) in [5.74, 6) is 0.804. The molecule has 1 aromatic rings. The second-order valence-electron chi connectivity index (χ2n) is 3.99. The van der Waals surface area contributed by atoms with Crippen LogP contribution >= 0.6 is 15.9 Å². The summed E-state index contributed by atoms with van der Waals surface area (Å²) in [6.45, 7) is 5.21. The number of nitrogens with two attached hydrogens (primary N) is 1. The van der Waals surface area contributed by atoms with Crippen LogP contribution in [0.2, 0.25) is 0 Å². The summed E-state index contributed by atoms with van der Waals surface area (Å²) in [7, 11) is 0. The van der Waals surface area contributed by atoms with Gasteiger partial charge < -0.3 is 15.2 Å². The normalized spacial score (nSPS) is 17.0. The summed E-state index contributed by atoms with van der Waals surface area (Å²) in [6, 6.07) is 5.59. The first-order valence-corrected chi connectivity index (χ1v) is 6.53. The molecular weight excluding hydrogens is 284 g/mol. The molecule has 0 unspecified atom stereocenters. The highest BCUT2D eigenvalue weighted by Crippen LogP contribution is 2.26. The number of nitrogens with zero attached hydrogens (tertiary/aromatic N) is 1. The maximum Gasteiger partial charge on any atom is 0.135 e. The Hall–Kier alpha value is -0.780. The molecular formula is C12H17BrN2O2. The van der Waals surface area contributed by atoms with Crippen molar-refractivity contribution < 1.29 is 9.47 Å². The minimum Gasteiger partial charge on any atom is -0.491 e. The van der Waals surface area contributed by atoms with Gasteiger partial charge in [-0.05, 0) is 28.1 Å². The molecule has 17 heavy (non-hydrogen) atoms. The number of hydrogen-bond acceptors (Lipinski definition) is 4. The Bertz CT molecular complexity index is 368. The summed E-state index contributed by atoms with van der Waals surface area (Å²) in [5, 5.41) is 0. The maximum absolute atomic E-state index is 5.71. The van der Waals surface area contributed by atoms with E-state index in [0.717, 1.165) is 48.8 Å². The molecule has 1 aromatic carbocycles. The first-order chi connectivity index (χ1) is 8.25. The van der Waals surface area contributed by atoms with Gasteiger partial charge in [-0.2, -0.15) is 0 Å². The van der Waals surface area contributed by atoms with E-state index in [0.29, 0.717) is 6.61 Å². The van der Waals surface area contributed by atoms with E-state index in [9.17, 15) is 0 Å². The van der Waals surface area contributed by atoms with E-state index in [1.165, 1.54) is 0 Å². The standard InChI is InChI=1S/C12H17BrN2O2/c13-11-2-1-10(14)9-12(11)17-8-5-15-3-6-16-7-4-15/h1-2,9H,3-8,14H2. The molecule has 94 valence electrons. The van der Waals surface area contributed by atoms with Crippen LogP contribution in [0.15, 0.2) is 22.7 Å². The molecule has 0 atom stereocenters. The predicted octanol–water partition coefficient (Wildman–Crippen LogP) is 1.74. The lowest BCUT2D eigenvalue weighted by Crippen LogP contribution is -2.38. The van der Waals surface area contributed by atoms with Gasteiger partial charge in [0.2, 0.25) is 0 Å². The van der Waals surface area contributed by atoms with Crippen LogP contribution in [0, 0.1) is 0 Å². The minimum atomic E-state index is 0.669. The molecule has 1 aliphatic rings. The van der Waals surface area contributed by atoms with Crippen molar-refractivity contribution in [2.45, 2.75) is 0 Å². The second kappa shape index (κ2) is 6.23. The lowest BCUT2D eigenvalue weighted by atomic mass is 10.3. The summed E-state index contributed by atoms with van der Waals surface area (Å²) >= 11 is 3.44. The van der Waals surface area contributed by atoms with Crippen LogP contribution in [-0.2, 0) is 4.74 Å². The van der Waals surface area contributed by atoms with Crippen LogP contribution in [0.1, 0.15) is 0 Å². The van der Waals surface area contributed by atoms with Crippen molar-refractivity contribution in [3.05, 3.63) is 22.7 Å². The Kier molecular flexibility index (Phi) is 4.65. The third-order valence-corrected chi connectivity index (χ3v) is 3.38. The third kappa shape index (κ3) is 3.87. The van der Waals surface area contributed by atoms with Crippen LogP contribution in [-0.4, -0.2) is 44.4 Å². The number of hydrogen-bond donors (Lipinski definition) is 1. The molecule has 5 heteroatoms. The van der Waals surface area contributed by atoms with E-state index in [-0.39, 0.29) is 0 Å². The van der Waals surface area contributed by atoms with Crippen molar-refractivity contribution in [1.82, 2.24) is 4.90 Å². The van der Waals surface area contributed by atoms with E-state index in [1.54, 1.807) is 0 Å². The van der Waals surface area contributed by atoms with Crippen LogP contribution < -0.4 is 10.5 Å². The molecule has 0 radical (unpaired) electrons. The van der Waals surface area contributed by atoms with Gasteiger partial charge >= 0.3 is 0 Å². The topological polar surface area (TPSA) is 47.7 Å².